The van der Waals surface area contributed by atoms with Crippen LogP contribution in [-0.2, 0) is 4.79 Å². The van der Waals surface area contributed by atoms with Crippen molar-refractivity contribution in [3.05, 3.63) is 0 Å². The fourth-order valence-electron chi connectivity index (χ4n) is 1.42. The van der Waals surface area contributed by atoms with Gasteiger partial charge in [0, 0.05) is 6.54 Å². The molecular formula is C12H26N2O2. The van der Waals surface area contributed by atoms with Crippen molar-refractivity contribution in [3.63, 3.8) is 0 Å². The summed E-state index contributed by atoms with van der Waals surface area (Å²) in [5.41, 5.74) is 0. The van der Waals surface area contributed by atoms with Crippen molar-refractivity contribution >= 4 is 5.97 Å². The van der Waals surface area contributed by atoms with Gasteiger partial charge in [0.15, 0.2) is 0 Å². The normalized spacial score (nSPS) is 10.6. The maximum atomic E-state index is 10.2. The number of rotatable bonds is 12. The van der Waals surface area contributed by atoms with Crippen LogP contribution in [0.4, 0.5) is 0 Å². The first-order valence-electron chi connectivity index (χ1n) is 6.40. The van der Waals surface area contributed by atoms with Gasteiger partial charge in [0.05, 0.1) is 6.42 Å². The van der Waals surface area contributed by atoms with Gasteiger partial charge < -0.3 is 15.7 Å². The predicted octanol–water partition coefficient (Wildman–Crippen LogP) is 1.61. The molecule has 0 fully saturated rings. The van der Waals surface area contributed by atoms with Crippen LogP contribution in [0.3, 0.4) is 0 Å². The first-order chi connectivity index (χ1) is 7.77. The number of hydrogen-bond donors (Lipinski definition) is 3. The van der Waals surface area contributed by atoms with Crippen LogP contribution in [0.1, 0.15) is 45.4 Å². The average molecular weight is 230 g/mol. The van der Waals surface area contributed by atoms with E-state index in [1.54, 1.807) is 0 Å². The third kappa shape index (κ3) is 13.4. The first-order valence-corrected chi connectivity index (χ1v) is 6.40. The fourth-order valence-corrected chi connectivity index (χ4v) is 1.42. The molecule has 0 heterocycles. The quantitative estimate of drug-likeness (QED) is 0.446. The molecule has 0 aliphatic rings. The van der Waals surface area contributed by atoms with Crippen molar-refractivity contribution < 1.29 is 9.90 Å². The van der Waals surface area contributed by atoms with E-state index in [1.807, 2.05) is 0 Å². The molecule has 0 unspecified atom stereocenters. The summed E-state index contributed by atoms with van der Waals surface area (Å²) >= 11 is 0. The summed E-state index contributed by atoms with van der Waals surface area (Å²) in [6.07, 6.45) is 6.29. The molecule has 3 N–H and O–H groups in total. The highest BCUT2D eigenvalue weighted by Crippen LogP contribution is 1.93. The predicted molar refractivity (Wildman–Crippen MR) is 66.8 cm³/mol. The van der Waals surface area contributed by atoms with E-state index >= 15 is 0 Å². The Morgan fingerprint density at radius 3 is 2.06 bits per heavy atom. The van der Waals surface area contributed by atoms with Crippen LogP contribution >= 0.6 is 0 Å². The Bertz CT molecular complexity index is 163. The van der Waals surface area contributed by atoms with E-state index < -0.39 is 5.97 Å². The second kappa shape index (κ2) is 12.5. The Morgan fingerprint density at radius 1 is 0.938 bits per heavy atom. The van der Waals surface area contributed by atoms with Crippen LogP contribution in [0.2, 0.25) is 0 Å². The molecule has 0 aromatic carbocycles. The minimum atomic E-state index is -0.729. The molecule has 4 nitrogen and oxygen atoms in total. The van der Waals surface area contributed by atoms with Gasteiger partial charge in [-0.25, -0.2) is 0 Å². The van der Waals surface area contributed by atoms with Crippen molar-refractivity contribution in [2.75, 3.05) is 26.2 Å². The van der Waals surface area contributed by atoms with Crippen LogP contribution in [-0.4, -0.2) is 37.3 Å². The number of carboxylic acid groups (broad SMARTS) is 1. The van der Waals surface area contributed by atoms with E-state index in [9.17, 15) is 4.79 Å². The Morgan fingerprint density at radius 2 is 1.50 bits per heavy atom. The third-order valence-corrected chi connectivity index (χ3v) is 2.43. The summed E-state index contributed by atoms with van der Waals surface area (Å²) in [6.45, 7) is 5.96. The maximum absolute atomic E-state index is 10.2. The summed E-state index contributed by atoms with van der Waals surface area (Å²) in [5, 5.41) is 14.9. The van der Waals surface area contributed by atoms with E-state index in [0.29, 0.717) is 6.54 Å². The van der Waals surface area contributed by atoms with E-state index in [0.717, 1.165) is 26.1 Å². The zero-order valence-corrected chi connectivity index (χ0v) is 10.4. The van der Waals surface area contributed by atoms with Crippen molar-refractivity contribution in [2.24, 2.45) is 0 Å². The smallest absolute Gasteiger partial charge is 0.304 e. The van der Waals surface area contributed by atoms with Gasteiger partial charge in [-0.3, -0.25) is 4.79 Å². The lowest BCUT2D eigenvalue weighted by Crippen LogP contribution is -2.20. The van der Waals surface area contributed by atoms with Crippen molar-refractivity contribution in [2.45, 2.75) is 45.4 Å². The van der Waals surface area contributed by atoms with Crippen LogP contribution < -0.4 is 10.6 Å². The Kier molecular flexibility index (Phi) is 12.0. The molecule has 96 valence electrons. The highest BCUT2D eigenvalue weighted by atomic mass is 16.4. The Hall–Kier alpha value is -0.610. The molecule has 4 heteroatoms. The van der Waals surface area contributed by atoms with E-state index in [2.05, 4.69) is 17.6 Å². The van der Waals surface area contributed by atoms with Crippen molar-refractivity contribution in [1.29, 1.82) is 0 Å². The molecule has 0 radical (unpaired) electrons. The molecule has 0 bridgehead atoms. The minimum Gasteiger partial charge on any atom is -0.481 e. The van der Waals surface area contributed by atoms with Gasteiger partial charge in [-0.1, -0.05) is 19.8 Å². The Balaban J connectivity index is 2.90. The highest BCUT2D eigenvalue weighted by molar-refractivity contribution is 5.66. The molecule has 0 saturated carbocycles. The summed E-state index contributed by atoms with van der Waals surface area (Å²) in [5.74, 6) is -0.729. The van der Waals surface area contributed by atoms with E-state index in [1.165, 1.54) is 25.7 Å². The van der Waals surface area contributed by atoms with Crippen molar-refractivity contribution in [3.8, 4) is 0 Å². The summed E-state index contributed by atoms with van der Waals surface area (Å²) in [6, 6.07) is 0. The summed E-state index contributed by atoms with van der Waals surface area (Å²) in [7, 11) is 0. The minimum absolute atomic E-state index is 0.221. The molecule has 0 aliphatic heterocycles. The van der Waals surface area contributed by atoms with Crippen molar-refractivity contribution in [1.82, 2.24) is 10.6 Å². The summed E-state index contributed by atoms with van der Waals surface area (Å²) < 4.78 is 0. The van der Waals surface area contributed by atoms with Gasteiger partial charge in [-0.15, -0.1) is 0 Å². The second-order valence-electron chi connectivity index (χ2n) is 4.06. The molecule has 0 atom stereocenters. The molecule has 0 spiro atoms. The van der Waals surface area contributed by atoms with Crippen LogP contribution in [0.5, 0.6) is 0 Å². The average Bonchev–Trinajstić information content (AvgIpc) is 2.25. The number of carbonyl (C=O) groups is 1. The fraction of sp³-hybridized carbons (Fsp3) is 0.917. The first kappa shape index (κ1) is 15.4. The molecule has 0 aromatic heterocycles. The molecular weight excluding hydrogens is 204 g/mol. The number of unbranched alkanes of at least 4 members (excludes halogenated alkanes) is 3. The van der Waals surface area contributed by atoms with Gasteiger partial charge in [0.2, 0.25) is 0 Å². The zero-order valence-electron chi connectivity index (χ0n) is 10.4. The highest BCUT2D eigenvalue weighted by Gasteiger charge is 1.95. The monoisotopic (exact) mass is 230 g/mol. The van der Waals surface area contributed by atoms with Gasteiger partial charge in [0.25, 0.3) is 0 Å². The van der Waals surface area contributed by atoms with E-state index in [4.69, 9.17) is 5.11 Å². The standard InChI is InChI=1S/C12H26N2O2/c1-2-3-8-13-9-5-4-6-10-14-11-7-12(15)16/h13-14H,2-11H2,1H3,(H,15,16). The Labute approximate surface area is 98.8 Å². The number of nitrogens with one attached hydrogen (secondary N) is 2. The summed E-state index contributed by atoms with van der Waals surface area (Å²) in [4.78, 5) is 10.2. The number of carboxylic acids is 1. The van der Waals surface area contributed by atoms with Gasteiger partial charge >= 0.3 is 5.97 Å². The molecule has 16 heavy (non-hydrogen) atoms. The van der Waals surface area contributed by atoms with Crippen LogP contribution in [0, 0.1) is 0 Å². The van der Waals surface area contributed by atoms with E-state index in [-0.39, 0.29) is 6.42 Å². The zero-order chi connectivity index (χ0) is 12.1. The topological polar surface area (TPSA) is 61.4 Å². The molecule has 0 amide bonds. The van der Waals surface area contributed by atoms with Crippen LogP contribution in [0.25, 0.3) is 0 Å². The largest absolute Gasteiger partial charge is 0.481 e. The molecule has 0 aliphatic carbocycles. The lowest BCUT2D eigenvalue weighted by molar-refractivity contribution is -0.136. The van der Waals surface area contributed by atoms with Crippen LogP contribution in [0.15, 0.2) is 0 Å². The van der Waals surface area contributed by atoms with Gasteiger partial charge in [-0.2, -0.15) is 0 Å². The lowest BCUT2D eigenvalue weighted by Gasteiger charge is -2.04. The van der Waals surface area contributed by atoms with Gasteiger partial charge in [0.1, 0.15) is 0 Å². The second-order valence-corrected chi connectivity index (χ2v) is 4.06. The van der Waals surface area contributed by atoms with Gasteiger partial charge in [-0.05, 0) is 38.9 Å². The molecule has 0 saturated heterocycles. The molecule has 0 rings (SSSR count). The maximum Gasteiger partial charge on any atom is 0.304 e. The lowest BCUT2D eigenvalue weighted by atomic mass is 10.2. The number of aliphatic carboxylic acids is 1. The third-order valence-electron chi connectivity index (χ3n) is 2.43. The molecule has 0 aromatic rings. The number of hydrogen-bond acceptors (Lipinski definition) is 3. The SMILES string of the molecule is CCCCNCCCCCNCCC(=O)O.